The second-order valence-corrected chi connectivity index (χ2v) is 4.57. The molecule has 0 spiro atoms. The first-order valence-electron chi connectivity index (χ1n) is 6.53. The summed E-state index contributed by atoms with van der Waals surface area (Å²) in [6.45, 7) is 5.34. The summed E-state index contributed by atoms with van der Waals surface area (Å²) < 4.78 is 18.6. The maximum atomic E-state index is 13.3. The molecule has 4 nitrogen and oxygen atoms in total. The summed E-state index contributed by atoms with van der Waals surface area (Å²) in [7, 11) is 0. The highest BCUT2D eigenvalue weighted by Crippen LogP contribution is 2.25. The van der Waals surface area contributed by atoms with E-state index in [9.17, 15) is 9.18 Å². The van der Waals surface area contributed by atoms with Gasteiger partial charge >= 0.3 is 0 Å². The molecule has 1 amide bonds. The minimum absolute atomic E-state index is 0.0222. The molecule has 2 unspecified atom stereocenters. The molecule has 2 rings (SSSR count). The Balaban J connectivity index is 2.15. The van der Waals surface area contributed by atoms with E-state index in [-0.39, 0.29) is 23.9 Å². The van der Waals surface area contributed by atoms with Crippen molar-refractivity contribution >= 4 is 5.91 Å². The Labute approximate surface area is 112 Å². The van der Waals surface area contributed by atoms with Gasteiger partial charge in [-0.05, 0) is 31.5 Å². The van der Waals surface area contributed by atoms with Gasteiger partial charge in [-0.15, -0.1) is 0 Å². The van der Waals surface area contributed by atoms with Gasteiger partial charge in [0.1, 0.15) is 12.0 Å². The monoisotopic (exact) mass is 266 g/mol. The maximum Gasteiger partial charge on any atom is 0.241 e. The number of carbonyl (C=O) groups is 1. The molecule has 2 atom stereocenters. The summed E-state index contributed by atoms with van der Waals surface area (Å²) in [5.41, 5.74) is 0.759. The molecule has 1 aromatic rings. The lowest BCUT2D eigenvalue weighted by molar-refractivity contribution is -0.130. The van der Waals surface area contributed by atoms with E-state index in [1.54, 1.807) is 11.0 Å². The van der Waals surface area contributed by atoms with E-state index in [2.05, 4.69) is 5.32 Å². The van der Waals surface area contributed by atoms with Crippen molar-refractivity contribution in [3.8, 4) is 0 Å². The lowest BCUT2D eigenvalue weighted by Crippen LogP contribution is -2.33. The van der Waals surface area contributed by atoms with Gasteiger partial charge < -0.3 is 9.64 Å². The van der Waals surface area contributed by atoms with Crippen LogP contribution in [0.2, 0.25) is 0 Å². The predicted molar refractivity (Wildman–Crippen MR) is 69.9 cm³/mol. The average molecular weight is 266 g/mol. The number of rotatable bonds is 5. The third-order valence-corrected chi connectivity index (χ3v) is 3.22. The zero-order valence-electron chi connectivity index (χ0n) is 11.2. The van der Waals surface area contributed by atoms with Crippen LogP contribution in [0.5, 0.6) is 0 Å². The first kappa shape index (κ1) is 14.0. The fraction of sp³-hybridized carbons (Fsp3) is 0.500. The van der Waals surface area contributed by atoms with E-state index in [0.29, 0.717) is 19.8 Å². The Morgan fingerprint density at radius 2 is 2.26 bits per heavy atom. The van der Waals surface area contributed by atoms with Crippen LogP contribution in [0.4, 0.5) is 4.39 Å². The van der Waals surface area contributed by atoms with Crippen LogP contribution < -0.4 is 5.32 Å². The van der Waals surface area contributed by atoms with Gasteiger partial charge in [0.15, 0.2) is 0 Å². The highest BCUT2D eigenvalue weighted by molar-refractivity contribution is 5.84. The second-order valence-electron chi connectivity index (χ2n) is 4.57. The molecule has 5 heteroatoms. The molecule has 19 heavy (non-hydrogen) atoms. The normalized spacial score (nSPS) is 23.1. The fourth-order valence-electron chi connectivity index (χ4n) is 2.27. The van der Waals surface area contributed by atoms with E-state index >= 15 is 0 Å². The number of ether oxygens (including phenoxy) is 1. The standard InChI is InChI=1S/C14H19FN2O2/c1-3-19-8-7-17-13(16-10(2)14(17)18)11-5-4-6-12(15)9-11/h4-6,9-10,13,16H,3,7-8H2,1-2H3. The Kier molecular flexibility index (Phi) is 4.50. The minimum Gasteiger partial charge on any atom is -0.380 e. The number of benzene rings is 1. The van der Waals surface area contributed by atoms with E-state index < -0.39 is 0 Å². The lowest BCUT2D eigenvalue weighted by Gasteiger charge is -2.24. The molecule has 1 aliphatic heterocycles. The van der Waals surface area contributed by atoms with Gasteiger partial charge in [-0.2, -0.15) is 0 Å². The van der Waals surface area contributed by atoms with E-state index in [1.807, 2.05) is 19.9 Å². The summed E-state index contributed by atoms with van der Waals surface area (Å²) in [6, 6.07) is 6.07. The number of amides is 1. The van der Waals surface area contributed by atoms with Crippen LogP contribution in [0.3, 0.4) is 0 Å². The first-order valence-corrected chi connectivity index (χ1v) is 6.53. The fourth-order valence-corrected chi connectivity index (χ4v) is 2.27. The Morgan fingerprint density at radius 3 is 2.95 bits per heavy atom. The molecular weight excluding hydrogens is 247 g/mol. The smallest absolute Gasteiger partial charge is 0.241 e. The summed E-state index contributed by atoms with van der Waals surface area (Å²) in [5.74, 6) is -0.273. The molecule has 1 heterocycles. The number of nitrogens with zero attached hydrogens (tertiary/aromatic N) is 1. The highest BCUT2D eigenvalue weighted by atomic mass is 19.1. The molecule has 0 bridgehead atoms. The van der Waals surface area contributed by atoms with E-state index in [4.69, 9.17) is 4.74 Å². The molecular formula is C14H19FN2O2. The number of nitrogens with one attached hydrogen (secondary N) is 1. The van der Waals surface area contributed by atoms with Gasteiger partial charge in [0.05, 0.1) is 12.6 Å². The van der Waals surface area contributed by atoms with Crippen LogP contribution >= 0.6 is 0 Å². The van der Waals surface area contributed by atoms with Crippen molar-refractivity contribution in [3.05, 3.63) is 35.6 Å². The van der Waals surface area contributed by atoms with Crippen molar-refractivity contribution in [2.24, 2.45) is 0 Å². The van der Waals surface area contributed by atoms with Gasteiger partial charge in [0.2, 0.25) is 5.91 Å². The predicted octanol–water partition coefficient (Wildman–Crippen LogP) is 1.68. The van der Waals surface area contributed by atoms with Crippen molar-refractivity contribution in [1.82, 2.24) is 10.2 Å². The lowest BCUT2D eigenvalue weighted by atomic mass is 10.1. The van der Waals surface area contributed by atoms with Crippen LogP contribution in [-0.2, 0) is 9.53 Å². The van der Waals surface area contributed by atoms with E-state index in [1.165, 1.54) is 12.1 Å². The van der Waals surface area contributed by atoms with Crippen molar-refractivity contribution in [1.29, 1.82) is 0 Å². The first-order chi connectivity index (χ1) is 9.13. The molecule has 0 aromatic heterocycles. The molecule has 0 saturated carbocycles. The molecule has 104 valence electrons. The van der Waals surface area contributed by atoms with Gasteiger partial charge in [-0.3, -0.25) is 10.1 Å². The second kappa shape index (κ2) is 6.12. The topological polar surface area (TPSA) is 41.6 Å². The Bertz CT molecular complexity index is 453. The van der Waals surface area contributed by atoms with Crippen LogP contribution in [-0.4, -0.2) is 36.6 Å². The quantitative estimate of drug-likeness (QED) is 0.824. The number of halogens is 1. The zero-order valence-corrected chi connectivity index (χ0v) is 11.2. The maximum absolute atomic E-state index is 13.3. The zero-order chi connectivity index (χ0) is 13.8. The summed E-state index contributed by atoms with van der Waals surface area (Å²) >= 11 is 0. The Hall–Kier alpha value is -1.46. The number of carbonyl (C=O) groups excluding carboxylic acids is 1. The molecule has 1 N–H and O–H groups in total. The third-order valence-electron chi connectivity index (χ3n) is 3.22. The van der Waals surface area contributed by atoms with Crippen molar-refractivity contribution < 1.29 is 13.9 Å². The number of hydrogen-bond donors (Lipinski definition) is 1. The molecule has 1 saturated heterocycles. The van der Waals surface area contributed by atoms with Crippen molar-refractivity contribution in [2.45, 2.75) is 26.1 Å². The van der Waals surface area contributed by atoms with E-state index in [0.717, 1.165) is 5.56 Å². The minimum atomic E-state index is -0.295. The van der Waals surface area contributed by atoms with Gasteiger partial charge in [-0.1, -0.05) is 12.1 Å². The van der Waals surface area contributed by atoms with Crippen LogP contribution in [0, 0.1) is 5.82 Å². The largest absolute Gasteiger partial charge is 0.380 e. The third kappa shape index (κ3) is 3.11. The molecule has 1 aliphatic rings. The van der Waals surface area contributed by atoms with Crippen LogP contribution in [0.15, 0.2) is 24.3 Å². The van der Waals surface area contributed by atoms with Crippen LogP contribution in [0.25, 0.3) is 0 Å². The summed E-state index contributed by atoms with van der Waals surface area (Å²) in [4.78, 5) is 13.8. The average Bonchev–Trinajstić information content (AvgIpc) is 2.67. The summed E-state index contributed by atoms with van der Waals surface area (Å²) in [6.07, 6.45) is -0.279. The van der Waals surface area contributed by atoms with Gasteiger partial charge in [0.25, 0.3) is 0 Å². The van der Waals surface area contributed by atoms with Gasteiger partial charge in [0, 0.05) is 13.2 Å². The molecule has 0 radical (unpaired) electrons. The molecule has 1 aromatic carbocycles. The molecule has 0 aliphatic carbocycles. The van der Waals surface area contributed by atoms with Gasteiger partial charge in [-0.25, -0.2) is 4.39 Å². The number of hydrogen-bond acceptors (Lipinski definition) is 3. The highest BCUT2D eigenvalue weighted by Gasteiger charge is 2.36. The van der Waals surface area contributed by atoms with Crippen molar-refractivity contribution in [3.63, 3.8) is 0 Å². The van der Waals surface area contributed by atoms with Crippen molar-refractivity contribution in [2.75, 3.05) is 19.8 Å². The SMILES string of the molecule is CCOCCN1C(=O)C(C)NC1c1cccc(F)c1. The molecule has 1 fully saturated rings. The summed E-state index contributed by atoms with van der Waals surface area (Å²) in [5, 5.41) is 3.18. The van der Waals surface area contributed by atoms with Crippen LogP contribution in [0.1, 0.15) is 25.6 Å². The Morgan fingerprint density at radius 1 is 1.47 bits per heavy atom.